The topological polar surface area (TPSA) is 32.3 Å². The largest absolute Gasteiger partial charge is 0.333 e. The molecule has 0 aromatic carbocycles. The fraction of sp³-hybridized carbons (Fsp3) is 0.667. The normalized spacial score (nSPS) is 21.7. The minimum absolute atomic E-state index is 0.00112. The SMILES string of the molecule is CC(C)NC1CCN(C(c2cccs2)C(C)C)C1=O. The van der Waals surface area contributed by atoms with Crippen LogP contribution in [0.25, 0.3) is 0 Å². The van der Waals surface area contributed by atoms with Gasteiger partial charge in [0.15, 0.2) is 0 Å². The van der Waals surface area contributed by atoms with Crippen LogP contribution in [0.2, 0.25) is 0 Å². The summed E-state index contributed by atoms with van der Waals surface area (Å²) in [4.78, 5) is 15.9. The lowest BCUT2D eigenvalue weighted by atomic mass is 10.0. The molecule has 1 aliphatic rings. The number of hydrogen-bond acceptors (Lipinski definition) is 3. The number of hydrogen-bond donors (Lipinski definition) is 1. The van der Waals surface area contributed by atoms with Crippen molar-refractivity contribution in [2.24, 2.45) is 5.92 Å². The van der Waals surface area contributed by atoms with Gasteiger partial charge in [0.2, 0.25) is 5.91 Å². The van der Waals surface area contributed by atoms with Gasteiger partial charge in [0, 0.05) is 17.5 Å². The Labute approximate surface area is 120 Å². The second-order valence-electron chi connectivity index (χ2n) is 5.90. The predicted octanol–water partition coefficient (Wildman–Crippen LogP) is 3.04. The molecule has 1 aliphatic heterocycles. The zero-order chi connectivity index (χ0) is 14.0. The van der Waals surface area contributed by atoms with Gasteiger partial charge >= 0.3 is 0 Å². The van der Waals surface area contributed by atoms with E-state index in [-0.39, 0.29) is 18.0 Å². The number of nitrogens with one attached hydrogen (secondary N) is 1. The van der Waals surface area contributed by atoms with Crippen molar-refractivity contribution in [2.45, 2.75) is 52.2 Å². The minimum atomic E-state index is 0.00112. The molecular formula is C15H24N2OS. The van der Waals surface area contributed by atoms with Crippen LogP contribution in [0.5, 0.6) is 0 Å². The Morgan fingerprint density at radius 3 is 2.63 bits per heavy atom. The Hall–Kier alpha value is -0.870. The van der Waals surface area contributed by atoms with Gasteiger partial charge in [0.25, 0.3) is 0 Å². The van der Waals surface area contributed by atoms with Gasteiger partial charge in [-0.1, -0.05) is 33.8 Å². The second-order valence-corrected chi connectivity index (χ2v) is 6.88. The van der Waals surface area contributed by atoms with Crippen molar-refractivity contribution in [1.29, 1.82) is 0 Å². The van der Waals surface area contributed by atoms with E-state index in [4.69, 9.17) is 0 Å². The molecule has 4 heteroatoms. The smallest absolute Gasteiger partial charge is 0.240 e. The maximum Gasteiger partial charge on any atom is 0.240 e. The van der Waals surface area contributed by atoms with Crippen molar-refractivity contribution < 1.29 is 4.79 Å². The number of rotatable bonds is 5. The van der Waals surface area contributed by atoms with E-state index in [9.17, 15) is 4.79 Å². The van der Waals surface area contributed by atoms with Crippen LogP contribution in [0.15, 0.2) is 17.5 Å². The van der Waals surface area contributed by atoms with E-state index in [0.29, 0.717) is 12.0 Å². The van der Waals surface area contributed by atoms with Gasteiger partial charge < -0.3 is 10.2 Å². The zero-order valence-electron chi connectivity index (χ0n) is 12.2. The fourth-order valence-corrected chi connectivity index (χ4v) is 3.85. The molecule has 3 nitrogen and oxygen atoms in total. The van der Waals surface area contributed by atoms with Gasteiger partial charge in [-0.05, 0) is 23.8 Å². The van der Waals surface area contributed by atoms with Crippen molar-refractivity contribution in [3.8, 4) is 0 Å². The highest BCUT2D eigenvalue weighted by molar-refractivity contribution is 7.10. The van der Waals surface area contributed by atoms with Crippen LogP contribution < -0.4 is 5.32 Å². The molecule has 2 rings (SSSR count). The van der Waals surface area contributed by atoms with Crippen LogP contribution in [0.4, 0.5) is 0 Å². The van der Waals surface area contributed by atoms with E-state index in [0.717, 1.165) is 13.0 Å². The van der Waals surface area contributed by atoms with Crippen LogP contribution in [0.1, 0.15) is 45.0 Å². The number of nitrogens with zero attached hydrogens (tertiary/aromatic N) is 1. The number of thiophene rings is 1. The first kappa shape index (κ1) is 14.5. The van der Waals surface area contributed by atoms with Crippen molar-refractivity contribution in [3.63, 3.8) is 0 Å². The average molecular weight is 280 g/mol. The molecule has 0 aliphatic carbocycles. The van der Waals surface area contributed by atoms with Crippen LogP contribution in [-0.4, -0.2) is 29.4 Å². The Morgan fingerprint density at radius 1 is 1.37 bits per heavy atom. The molecule has 1 aromatic rings. The van der Waals surface area contributed by atoms with E-state index in [1.165, 1.54) is 4.88 Å². The lowest BCUT2D eigenvalue weighted by molar-refractivity contribution is -0.132. The summed E-state index contributed by atoms with van der Waals surface area (Å²) in [7, 11) is 0. The highest BCUT2D eigenvalue weighted by atomic mass is 32.1. The summed E-state index contributed by atoms with van der Waals surface area (Å²) in [6.07, 6.45) is 0.922. The summed E-state index contributed by atoms with van der Waals surface area (Å²) in [6, 6.07) is 4.80. The molecule has 0 radical (unpaired) electrons. The molecule has 19 heavy (non-hydrogen) atoms. The van der Waals surface area contributed by atoms with Gasteiger partial charge in [-0.25, -0.2) is 0 Å². The summed E-state index contributed by atoms with van der Waals surface area (Å²) in [5.74, 6) is 0.709. The van der Waals surface area contributed by atoms with Gasteiger partial charge in [-0.3, -0.25) is 4.79 Å². The molecule has 1 N–H and O–H groups in total. The summed E-state index contributed by atoms with van der Waals surface area (Å²) < 4.78 is 0. The van der Waals surface area contributed by atoms with Gasteiger partial charge in [-0.2, -0.15) is 0 Å². The third-order valence-electron chi connectivity index (χ3n) is 3.58. The molecule has 1 fully saturated rings. The van der Waals surface area contributed by atoms with Crippen LogP contribution in [0, 0.1) is 5.92 Å². The van der Waals surface area contributed by atoms with Gasteiger partial charge in [0.1, 0.15) is 0 Å². The number of amides is 1. The van der Waals surface area contributed by atoms with E-state index < -0.39 is 0 Å². The van der Waals surface area contributed by atoms with Crippen molar-refractivity contribution in [1.82, 2.24) is 10.2 Å². The first-order chi connectivity index (χ1) is 9.00. The average Bonchev–Trinajstić information content (AvgIpc) is 2.93. The quantitative estimate of drug-likeness (QED) is 0.899. The predicted molar refractivity (Wildman–Crippen MR) is 80.3 cm³/mol. The molecule has 2 heterocycles. The Balaban J connectivity index is 2.14. The molecular weight excluding hydrogens is 256 g/mol. The van der Waals surface area contributed by atoms with E-state index in [1.54, 1.807) is 11.3 Å². The molecule has 0 bridgehead atoms. The molecule has 2 atom stereocenters. The molecule has 2 unspecified atom stereocenters. The summed E-state index contributed by atoms with van der Waals surface area (Å²) in [5, 5.41) is 5.47. The monoisotopic (exact) mass is 280 g/mol. The standard InChI is InChI=1S/C15H24N2OS/c1-10(2)14(13-6-5-9-19-13)17-8-7-12(15(17)18)16-11(3)4/h5-6,9-12,14,16H,7-8H2,1-4H3. The highest BCUT2D eigenvalue weighted by Crippen LogP contribution is 2.34. The first-order valence-corrected chi connectivity index (χ1v) is 7.98. The molecule has 106 valence electrons. The number of carbonyl (C=O) groups excluding carboxylic acids is 1. The van der Waals surface area contributed by atoms with Crippen molar-refractivity contribution in [2.75, 3.05) is 6.54 Å². The second kappa shape index (κ2) is 6.06. The lowest BCUT2D eigenvalue weighted by Gasteiger charge is -2.30. The molecule has 1 saturated heterocycles. The van der Waals surface area contributed by atoms with E-state index in [1.807, 2.05) is 0 Å². The molecule has 1 amide bonds. The Bertz CT molecular complexity index is 414. The lowest BCUT2D eigenvalue weighted by Crippen LogP contribution is -2.43. The van der Waals surface area contributed by atoms with Crippen molar-refractivity contribution in [3.05, 3.63) is 22.4 Å². The zero-order valence-corrected chi connectivity index (χ0v) is 13.0. The van der Waals surface area contributed by atoms with Crippen LogP contribution >= 0.6 is 11.3 Å². The first-order valence-electron chi connectivity index (χ1n) is 7.10. The van der Waals surface area contributed by atoms with Gasteiger partial charge in [-0.15, -0.1) is 11.3 Å². The van der Waals surface area contributed by atoms with Crippen LogP contribution in [-0.2, 0) is 4.79 Å². The fourth-order valence-electron chi connectivity index (χ4n) is 2.84. The maximum atomic E-state index is 12.6. The summed E-state index contributed by atoms with van der Waals surface area (Å²) in [6.45, 7) is 9.44. The molecule has 1 aromatic heterocycles. The third kappa shape index (κ3) is 3.18. The van der Waals surface area contributed by atoms with Gasteiger partial charge in [0.05, 0.1) is 12.1 Å². The maximum absolute atomic E-state index is 12.6. The Kier molecular flexibility index (Phi) is 4.63. The molecule has 0 spiro atoms. The minimum Gasteiger partial charge on any atom is -0.333 e. The summed E-state index contributed by atoms with van der Waals surface area (Å²) >= 11 is 1.75. The van der Waals surface area contributed by atoms with Crippen LogP contribution in [0.3, 0.4) is 0 Å². The highest BCUT2D eigenvalue weighted by Gasteiger charge is 2.37. The third-order valence-corrected chi connectivity index (χ3v) is 4.52. The summed E-state index contributed by atoms with van der Waals surface area (Å²) in [5.41, 5.74) is 0. The molecule has 0 saturated carbocycles. The van der Waals surface area contributed by atoms with E-state index >= 15 is 0 Å². The van der Waals surface area contributed by atoms with Crippen molar-refractivity contribution >= 4 is 17.2 Å². The van der Waals surface area contributed by atoms with E-state index in [2.05, 4.69) is 55.4 Å². The number of carbonyl (C=O) groups is 1. The Morgan fingerprint density at radius 2 is 2.11 bits per heavy atom. The number of likely N-dealkylation sites (tertiary alicyclic amines) is 1.